The van der Waals surface area contributed by atoms with Crippen molar-refractivity contribution in [3.8, 4) is 5.75 Å². The maximum atomic E-state index is 5.86. The van der Waals surface area contributed by atoms with Gasteiger partial charge in [-0.25, -0.2) is 4.98 Å². The van der Waals surface area contributed by atoms with Gasteiger partial charge in [-0.15, -0.1) is 22.7 Å². The summed E-state index contributed by atoms with van der Waals surface area (Å²) in [6, 6.07) is 0. The zero-order valence-corrected chi connectivity index (χ0v) is 9.82. The van der Waals surface area contributed by atoms with Gasteiger partial charge in [0.25, 0.3) is 0 Å². The summed E-state index contributed by atoms with van der Waals surface area (Å²) in [5.41, 5.74) is 2.13. The quantitative estimate of drug-likeness (QED) is 0.829. The van der Waals surface area contributed by atoms with E-state index >= 15 is 0 Å². The van der Waals surface area contributed by atoms with Crippen LogP contribution in [0.1, 0.15) is 16.8 Å². The van der Waals surface area contributed by atoms with E-state index in [0.29, 0.717) is 0 Å². The number of hydrogen-bond donors (Lipinski definition) is 1. The Kier molecular flexibility index (Phi) is 2.14. The third-order valence-electron chi connectivity index (χ3n) is 2.34. The molecule has 0 bridgehead atoms. The zero-order chi connectivity index (χ0) is 10.3. The summed E-state index contributed by atoms with van der Waals surface area (Å²) in [6.45, 7) is 2.81. The van der Waals surface area contributed by atoms with Gasteiger partial charge in [0.15, 0.2) is 11.9 Å². The number of anilines is 1. The van der Waals surface area contributed by atoms with Gasteiger partial charge in [-0.3, -0.25) is 0 Å². The molecule has 2 aromatic rings. The van der Waals surface area contributed by atoms with Crippen molar-refractivity contribution >= 4 is 28.4 Å². The van der Waals surface area contributed by atoms with Crippen LogP contribution in [0.15, 0.2) is 16.1 Å². The van der Waals surface area contributed by atoms with Crippen molar-refractivity contribution in [2.45, 2.75) is 13.0 Å². The first kappa shape index (κ1) is 9.18. The molecule has 0 amide bonds. The first-order chi connectivity index (χ1) is 7.33. The number of aromatic nitrogens is 1. The van der Waals surface area contributed by atoms with E-state index in [1.165, 1.54) is 0 Å². The molecule has 3 rings (SSSR count). The number of hydrogen-bond acceptors (Lipinski definition) is 5. The molecule has 0 aliphatic carbocycles. The number of thiophene rings is 1. The van der Waals surface area contributed by atoms with E-state index in [-0.39, 0.29) is 6.10 Å². The molecule has 3 heterocycles. The minimum atomic E-state index is 0.0528. The molecular weight excluding hydrogens is 228 g/mol. The van der Waals surface area contributed by atoms with Crippen LogP contribution in [0.5, 0.6) is 5.75 Å². The van der Waals surface area contributed by atoms with Crippen LogP contribution in [0.2, 0.25) is 0 Å². The van der Waals surface area contributed by atoms with Crippen LogP contribution in [0, 0.1) is 6.92 Å². The number of nitrogens with zero attached hydrogens (tertiary/aromatic N) is 1. The molecule has 1 atom stereocenters. The van der Waals surface area contributed by atoms with Crippen LogP contribution in [0.4, 0.5) is 5.69 Å². The van der Waals surface area contributed by atoms with Crippen LogP contribution in [-0.2, 0) is 0 Å². The molecule has 2 aromatic heterocycles. The van der Waals surface area contributed by atoms with Crippen molar-refractivity contribution in [1.82, 2.24) is 4.98 Å². The topological polar surface area (TPSA) is 34.2 Å². The molecule has 1 aliphatic heterocycles. The van der Waals surface area contributed by atoms with Gasteiger partial charge in [-0.2, -0.15) is 0 Å². The van der Waals surface area contributed by atoms with Crippen LogP contribution in [0.3, 0.4) is 0 Å². The second kappa shape index (κ2) is 3.50. The Labute approximate surface area is 95.7 Å². The minimum Gasteiger partial charge on any atom is -0.479 e. The number of rotatable bonds is 1. The van der Waals surface area contributed by atoms with Crippen molar-refractivity contribution in [3.63, 3.8) is 0 Å². The number of ether oxygens (including phenoxy) is 1. The first-order valence-corrected chi connectivity index (χ1v) is 6.54. The lowest BCUT2D eigenvalue weighted by molar-refractivity contribution is 0.207. The largest absolute Gasteiger partial charge is 0.479 e. The van der Waals surface area contributed by atoms with Gasteiger partial charge in [-0.1, -0.05) is 0 Å². The van der Waals surface area contributed by atoms with Crippen LogP contribution in [-0.4, -0.2) is 11.5 Å². The van der Waals surface area contributed by atoms with E-state index < -0.39 is 0 Å². The Morgan fingerprint density at radius 2 is 2.40 bits per heavy atom. The molecule has 78 valence electrons. The fraction of sp³-hybridized carbons (Fsp3) is 0.300. The highest BCUT2D eigenvalue weighted by Crippen LogP contribution is 2.36. The normalized spacial score (nSPS) is 19.1. The lowest BCUT2D eigenvalue weighted by Gasteiger charge is -2.23. The van der Waals surface area contributed by atoms with Crippen molar-refractivity contribution in [1.29, 1.82) is 0 Å². The van der Waals surface area contributed by atoms with E-state index in [4.69, 9.17) is 4.74 Å². The van der Waals surface area contributed by atoms with E-state index in [1.54, 1.807) is 22.7 Å². The van der Waals surface area contributed by atoms with Gasteiger partial charge in [0, 0.05) is 16.1 Å². The van der Waals surface area contributed by atoms with Crippen LogP contribution < -0.4 is 10.1 Å². The van der Waals surface area contributed by atoms with Gasteiger partial charge in [0.05, 0.1) is 22.9 Å². The monoisotopic (exact) mass is 238 g/mol. The molecule has 0 spiro atoms. The summed E-state index contributed by atoms with van der Waals surface area (Å²) < 4.78 is 5.86. The van der Waals surface area contributed by atoms with Crippen LogP contribution >= 0.6 is 22.7 Å². The molecule has 0 saturated carbocycles. The van der Waals surface area contributed by atoms with Crippen molar-refractivity contribution in [2.75, 3.05) is 11.9 Å². The minimum absolute atomic E-state index is 0.0528. The molecule has 5 heteroatoms. The molecular formula is C10H10N2OS2. The summed E-state index contributed by atoms with van der Waals surface area (Å²) in [5, 5.41) is 10.6. The number of thiazole rings is 1. The molecule has 1 aliphatic rings. The molecule has 1 unspecified atom stereocenters. The summed E-state index contributed by atoms with van der Waals surface area (Å²) >= 11 is 3.32. The first-order valence-electron chi connectivity index (χ1n) is 4.71. The summed E-state index contributed by atoms with van der Waals surface area (Å²) in [4.78, 5) is 4.45. The van der Waals surface area contributed by atoms with E-state index in [0.717, 1.165) is 28.7 Å². The molecule has 0 aromatic carbocycles. The Hall–Kier alpha value is -1.07. The third-order valence-corrected chi connectivity index (χ3v) is 3.85. The summed E-state index contributed by atoms with van der Waals surface area (Å²) in [5.74, 6) is 0.946. The Morgan fingerprint density at radius 3 is 3.20 bits per heavy atom. The average molecular weight is 238 g/mol. The smallest absolute Gasteiger partial charge is 0.159 e. The lowest BCUT2D eigenvalue weighted by Crippen LogP contribution is -2.22. The van der Waals surface area contributed by atoms with Crippen molar-refractivity contribution in [2.24, 2.45) is 0 Å². The fourth-order valence-electron chi connectivity index (χ4n) is 1.60. The van der Waals surface area contributed by atoms with E-state index in [2.05, 4.69) is 21.1 Å². The van der Waals surface area contributed by atoms with E-state index in [1.807, 2.05) is 12.3 Å². The third kappa shape index (κ3) is 1.61. The summed E-state index contributed by atoms with van der Waals surface area (Å²) in [6.07, 6.45) is 0.0528. The second-order valence-corrected chi connectivity index (χ2v) is 5.23. The summed E-state index contributed by atoms with van der Waals surface area (Å²) in [7, 11) is 0. The maximum Gasteiger partial charge on any atom is 0.159 e. The van der Waals surface area contributed by atoms with Gasteiger partial charge < -0.3 is 10.1 Å². The number of aryl methyl sites for hydroxylation is 1. The number of fused-ring (bicyclic) bond motifs is 1. The molecule has 0 fully saturated rings. The molecule has 15 heavy (non-hydrogen) atoms. The van der Waals surface area contributed by atoms with Gasteiger partial charge >= 0.3 is 0 Å². The maximum absolute atomic E-state index is 5.86. The highest BCUT2D eigenvalue weighted by atomic mass is 32.1. The van der Waals surface area contributed by atoms with Crippen LogP contribution in [0.25, 0.3) is 0 Å². The van der Waals surface area contributed by atoms with Gasteiger partial charge in [0.2, 0.25) is 0 Å². The highest BCUT2D eigenvalue weighted by Gasteiger charge is 2.23. The highest BCUT2D eigenvalue weighted by molar-refractivity contribution is 7.09. The molecule has 3 nitrogen and oxygen atoms in total. The van der Waals surface area contributed by atoms with Crippen molar-refractivity contribution < 1.29 is 4.74 Å². The number of nitrogens with one attached hydrogen (secondary N) is 1. The second-order valence-electron chi connectivity index (χ2n) is 3.43. The fourth-order valence-corrected chi connectivity index (χ4v) is 2.96. The molecule has 1 N–H and O–H groups in total. The molecule has 0 saturated heterocycles. The van der Waals surface area contributed by atoms with Crippen molar-refractivity contribution in [3.05, 3.63) is 26.8 Å². The van der Waals surface area contributed by atoms with Gasteiger partial charge in [0.1, 0.15) is 0 Å². The predicted octanol–water partition coefficient (Wildman–Crippen LogP) is 3.06. The van der Waals surface area contributed by atoms with Gasteiger partial charge in [-0.05, 0) is 6.92 Å². The Morgan fingerprint density at radius 1 is 1.47 bits per heavy atom. The lowest BCUT2D eigenvalue weighted by atomic mass is 10.2. The average Bonchev–Trinajstić information content (AvgIpc) is 2.84. The molecule has 0 radical (unpaired) electrons. The standard InChI is InChI=1S/C10H10N2OS2/c1-6-12-8(4-15-6)9-2-11-7-3-14-5-10(7)13-9/h3-5,9,11H,2H2,1H3. The SMILES string of the molecule is Cc1nc(C2CNc3cscc3O2)cs1. The Bertz CT molecular complexity index is 477. The Balaban J connectivity index is 1.87. The zero-order valence-electron chi connectivity index (χ0n) is 8.19. The van der Waals surface area contributed by atoms with E-state index in [9.17, 15) is 0 Å². The predicted molar refractivity (Wildman–Crippen MR) is 63.0 cm³/mol.